The van der Waals surface area contributed by atoms with E-state index in [1.165, 1.54) is 12.1 Å². The van der Waals surface area contributed by atoms with E-state index in [0.717, 1.165) is 29.5 Å². The fourth-order valence-corrected chi connectivity index (χ4v) is 10.0. The van der Waals surface area contributed by atoms with Crippen LogP contribution in [-0.4, -0.2) is 75.9 Å². The van der Waals surface area contributed by atoms with E-state index in [4.69, 9.17) is 24.2 Å². The number of aliphatic hydroxyl groups is 2. The summed E-state index contributed by atoms with van der Waals surface area (Å²) < 4.78 is 20.3. The molecule has 0 spiro atoms. The molecule has 2 aliphatic carbocycles. The summed E-state index contributed by atoms with van der Waals surface area (Å²) >= 11 is 0. The molecule has 4 aromatic carbocycles. The van der Waals surface area contributed by atoms with Gasteiger partial charge in [0.1, 0.15) is 24.1 Å². The first-order valence-electron chi connectivity index (χ1n) is 23.4. The predicted octanol–water partition coefficient (Wildman–Crippen LogP) is 9.14. The highest BCUT2D eigenvalue weighted by atomic mass is 16.7. The molecule has 6 atom stereocenters. The average molecular weight is 926 g/mol. The number of hydrogen-bond donors (Lipinski definition) is 3. The van der Waals surface area contributed by atoms with Gasteiger partial charge < -0.3 is 39.5 Å². The zero-order valence-corrected chi connectivity index (χ0v) is 38.3. The third-order valence-corrected chi connectivity index (χ3v) is 13.1. The molecule has 3 aliphatic rings. The molecule has 1 aliphatic heterocycles. The van der Waals surface area contributed by atoms with E-state index < -0.39 is 28.8 Å². The van der Waals surface area contributed by atoms with Gasteiger partial charge in [-0.25, -0.2) is 4.79 Å². The molecule has 7 rings (SSSR count). The van der Waals surface area contributed by atoms with Gasteiger partial charge in [-0.3, -0.25) is 14.9 Å². The minimum Gasteiger partial charge on any atom is -0.459 e. The topological polar surface area (TPSA) is 206 Å². The molecule has 0 radical (unpaired) electrons. The molecular formula is C53H59N5O10. The zero-order valence-electron chi connectivity index (χ0n) is 38.3. The molecule has 1 heterocycles. The molecule has 15 heteroatoms. The average Bonchev–Trinajstić information content (AvgIpc) is 3.36. The van der Waals surface area contributed by atoms with Crippen molar-refractivity contribution < 1.29 is 43.8 Å². The van der Waals surface area contributed by atoms with Crippen LogP contribution in [0.3, 0.4) is 0 Å². The van der Waals surface area contributed by atoms with Crippen LogP contribution in [-0.2, 0) is 22.7 Å². The summed E-state index contributed by atoms with van der Waals surface area (Å²) in [5.74, 6) is -2.18. The van der Waals surface area contributed by atoms with Crippen LogP contribution in [0.25, 0.3) is 0 Å². The van der Waals surface area contributed by atoms with Crippen molar-refractivity contribution in [3.8, 4) is 17.6 Å². The van der Waals surface area contributed by atoms with Crippen LogP contribution in [0.1, 0.15) is 96.8 Å². The number of nitriles is 1. The summed E-state index contributed by atoms with van der Waals surface area (Å²) in [5, 5.41) is 48.6. The van der Waals surface area contributed by atoms with Crippen molar-refractivity contribution in [2.45, 2.75) is 89.2 Å². The Balaban J connectivity index is 1.40. The summed E-state index contributed by atoms with van der Waals surface area (Å²) in [6.45, 7) is 6.70. The lowest BCUT2D eigenvalue weighted by Gasteiger charge is -2.60. The molecule has 356 valence electrons. The van der Waals surface area contributed by atoms with Gasteiger partial charge in [0.05, 0.1) is 34.8 Å². The van der Waals surface area contributed by atoms with Crippen molar-refractivity contribution in [1.82, 2.24) is 10.2 Å². The number of fused-ring (bicyclic) bond motifs is 2. The van der Waals surface area contributed by atoms with Gasteiger partial charge in [-0.2, -0.15) is 5.26 Å². The summed E-state index contributed by atoms with van der Waals surface area (Å²) in [6, 6.07) is 28.7. The van der Waals surface area contributed by atoms with Crippen molar-refractivity contribution in [3.63, 3.8) is 0 Å². The number of oxime groups is 1. The number of ether oxygens (including phenoxy) is 3. The molecule has 15 nitrogen and oxygen atoms in total. The van der Waals surface area contributed by atoms with Crippen LogP contribution in [0.15, 0.2) is 127 Å². The molecular weight excluding hydrogens is 867 g/mol. The van der Waals surface area contributed by atoms with Gasteiger partial charge in [0.15, 0.2) is 0 Å². The molecule has 3 N–H and O–H groups in total. The number of rotatable bonds is 22. The maximum Gasteiger partial charge on any atom is 0.412 e. The quantitative estimate of drug-likeness (QED) is 0.0293. The zero-order chi connectivity index (χ0) is 48.0. The summed E-state index contributed by atoms with van der Waals surface area (Å²) in [5.41, 5.74) is 4.47. The number of hydrogen-bond acceptors (Lipinski definition) is 12. The molecule has 0 unspecified atom stereocenters. The molecule has 0 bridgehead atoms. The highest BCUT2D eigenvalue weighted by molar-refractivity contribution is 6.03. The SMILES string of the molecule is C=CCO[C@@]12Oc3ccc(OC(=O)NCc4ccccc4)cc3[C@H]3[C@H](CCCCO)[C@@H](CCCCO)C=C(C(=NOCc4ccc([N+](=O)[O-])cc4)C[C@@H]1N(CCC)C(=O)c1ccc(C#N)cc1)[C@H]32. The Morgan fingerprint density at radius 1 is 1.00 bits per heavy atom. The number of aliphatic hydroxyl groups excluding tert-OH is 2. The van der Waals surface area contributed by atoms with Gasteiger partial charge in [0.25, 0.3) is 11.6 Å². The molecule has 1 fully saturated rings. The second-order valence-corrected chi connectivity index (χ2v) is 17.4. The van der Waals surface area contributed by atoms with Gasteiger partial charge in [0.2, 0.25) is 5.79 Å². The second kappa shape index (κ2) is 23.2. The number of non-ortho nitro benzene ring substituents is 1. The van der Waals surface area contributed by atoms with E-state index in [0.29, 0.717) is 72.5 Å². The van der Waals surface area contributed by atoms with Crippen LogP contribution >= 0.6 is 0 Å². The minimum atomic E-state index is -1.53. The molecule has 0 saturated heterocycles. The Morgan fingerprint density at radius 3 is 2.41 bits per heavy atom. The van der Waals surface area contributed by atoms with Gasteiger partial charge in [-0.05, 0) is 115 Å². The van der Waals surface area contributed by atoms with Crippen molar-refractivity contribution in [2.75, 3.05) is 26.4 Å². The molecule has 68 heavy (non-hydrogen) atoms. The fraction of sp³-hybridized carbons (Fsp3) is 0.396. The molecule has 4 aromatic rings. The number of benzene rings is 4. The Labute approximate surface area is 396 Å². The number of carbonyl (C=O) groups is 2. The first kappa shape index (κ1) is 49.1. The maximum atomic E-state index is 15.0. The third kappa shape index (κ3) is 11.1. The molecule has 2 amide bonds. The number of amides is 2. The third-order valence-electron chi connectivity index (χ3n) is 13.1. The molecule has 1 saturated carbocycles. The van der Waals surface area contributed by atoms with E-state index in [9.17, 15) is 30.4 Å². The Bertz CT molecular complexity index is 2490. The van der Waals surface area contributed by atoms with Gasteiger partial charge >= 0.3 is 6.09 Å². The van der Waals surface area contributed by atoms with Crippen molar-refractivity contribution in [3.05, 3.63) is 159 Å². The summed E-state index contributed by atoms with van der Waals surface area (Å²) in [4.78, 5) is 47.2. The van der Waals surface area contributed by atoms with E-state index in [2.05, 4.69) is 24.0 Å². The number of nitrogens with one attached hydrogen (secondary N) is 1. The van der Waals surface area contributed by atoms with Gasteiger partial charge in [0, 0.05) is 61.9 Å². The Morgan fingerprint density at radius 2 is 1.74 bits per heavy atom. The lowest BCUT2D eigenvalue weighted by atomic mass is 9.55. The van der Waals surface area contributed by atoms with Crippen LogP contribution < -0.4 is 14.8 Å². The maximum absolute atomic E-state index is 15.0. The lowest BCUT2D eigenvalue weighted by Crippen LogP contribution is -2.70. The van der Waals surface area contributed by atoms with Gasteiger partial charge in [-0.15, -0.1) is 6.58 Å². The summed E-state index contributed by atoms with van der Waals surface area (Å²) in [7, 11) is 0. The number of unbranched alkanes of at least 4 members (excludes halogenated alkanes) is 2. The first-order chi connectivity index (χ1) is 33.1. The van der Waals surface area contributed by atoms with Crippen molar-refractivity contribution in [1.29, 1.82) is 5.26 Å². The smallest absolute Gasteiger partial charge is 0.412 e. The second-order valence-electron chi connectivity index (χ2n) is 17.4. The van der Waals surface area contributed by atoms with Crippen molar-refractivity contribution in [2.24, 2.45) is 22.9 Å². The monoisotopic (exact) mass is 925 g/mol. The highest BCUT2D eigenvalue weighted by Crippen LogP contribution is 2.62. The normalized spacial score (nSPS) is 21.8. The van der Waals surface area contributed by atoms with Gasteiger partial charge in [-0.1, -0.05) is 67.4 Å². The number of carbonyl (C=O) groups excluding carboxylic acids is 2. The van der Waals surface area contributed by atoms with Crippen LogP contribution in [0.5, 0.6) is 11.5 Å². The summed E-state index contributed by atoms with van der Waals surface area (Å²) in [6.07, 6.45) is 8.03. The Hall–Kier alpha value is -6.86. The predicted molar refractivity (Wildman–Crippen MR) is 255 cm³/mol. The lowest BCUT2D eigenvalue weighted by molar-refractivity contribution is -0.384. The molecule has 0 aromatic heterocycles. The van der Waals surface area contributed by atoms with Crippen molar-refractivity contribution >= 4 is 23.4 Å². The number of nitro benzene ring substituents is 1. The van der Waals surface area contributed by atoms with Crippen LogP contribution in [0.2, 0.25) is 0 Å². The van der Waals surface area contributed by atoms with E-state index in [1.54, 1.807) is 59.5 Å². The number of allylic oxidation sites excluding steroid dienone is 1. The van der Waals surface area contributed by atoms with E-state index in [1.807, 2.05) is 43.3 Å². The highest BCUT2D eigenvalue weighted by Gasteiger charge is 2.65. The number of nitrogens with zero attached hydrogens (tertiary/aromatic N) is 4. The standard InChI is InChI=1S/C53H59N5O10/c1-3-26-57(51(61)39-20-16-36(33-54)17-21-39)48-32-46(56-66-35-38-18-22-41(23-19-38)58(63)64)44-30-40(14-8-10-27-59)43(15-9-11-28-60)49-45-31-42(67-52(62)55-34-37-12-6-5-7-13-37)24-25-47(45)68-53(48,50(44)49)65-29-4-2/h4-7,12-13,16-25,30-31,40,43,48-50,59-60H,2-3,8-11,14-15,26-29,32,34-35H2,1H3,(H,55,62)/t40-,43+,48-,49+,50+,53+/m0/s1. The Kier molecular flexibility index (Phi) is 16.8. The van der Waals surface area contributed by atoms with E-state index >= 15 is 4.79 Å². The van der Waals surface area contributed by atoms with Crippen LogP contribution in [0.4, 0.5) is 10.5 Å². The largest absolute Gasteiger partial charge is 0.459 e. The first-order valence-corrected chi connectivity index (χ1v) is 23.4. The minimum absolute atomic E-state index is 0.00454. The fourth-order valence-electron chi connectivity index (χ4n) is 10.0. The number of nitro groups is 1. The van der Waals surface area contributed by atoms with E-state index in [-0.39, 0.29) is 68.7 Å². The van der Waals surface area contributed by atoms with Crippen LogP contribution in [0, 0.1) is 39.2 Å².